The second-order valence-corrected chi connectivity index (χ2v) is 6.59. The summed E-state index contributed by atoms with van der Waals surface area (Å²) in [6, 6.07) is 3.22. The summed E-state index contributed by atoms with van der Waals surface area (Å²) in [5, 5.41) is 0. The Morgan fingerprint density at radius 2 is 2.11 bits per heavy atom. The number of rotatable bonds is 3. The van der Waals surface area contributed by atoms with Gasteiger partial charge in [-0.25, -0.2) is 0 Å². The van der Waals surface area contributed by atoms with Crippen LogP contribution in [0, 0.1) is 5.41 Å². The van der Waals surface area contributed by atoms with Crippen molar-refractivity contribution in [2.45, 2.75) is 20.3 Å². The van der Waals surface area contributed by atoms with Crippen LogP contribution in [0.2, 0.25) is 4.34 Å². The molecule has 0 aliphatic carbocycles. The lowest BCUT2D eigenvalue weighted by molar-refractivity contribution is -0.140. The van der Waals surface area contributed by atoms with Crippen molar-refractivity contribution < 1.29 is 14.4 Å². The summed E-state index contributed by atoms with van der Waals surface area (Å²) in [7, 11) is 0. The molecule has 6 heteroatoms. The van der Waals surface area contributed by atoms with Crippen molar-refractivity contribution in [3.63, 3.8) is 0 Å². The molecule has 1 aromatic heterocycles. The highest BCUT2D eigenvalue weighted by Gasteiger charge is 2.45. The van der Waals surface area contributed by atoms with Gasteiger partial charge in [0.1, 0.15) is 0 Å². The van der Waals surface area contributed by atoms with Gasteiger partial charge in [0.2, 0.25) is 11.8 Å². The van der Waals surface area contributed by atoms with Gasteiger partial charge < -0.3 is 0 Å². The van der Waals surface area contributed by atoms with Crippen molar-refractivity contribution in [2.75, 3.05) is 6.54 Å². The SMILES string of the molecule is CC1(C)CC(=O)N(CC(=O)c2ccc(Cl)s2)C1=O. The van der Waals surface area contributed by atoms with Crippen LogP contribution in [0.25, 0.3) is 0 Å². The molecule has 0 saturated carbocycles. The predicted octanol–water partition coefficient (Wildman–Crippen LogP) is 2.37. The molecule has 1 fully saturated rings. The lowest BCUT2D eigenvalue weighted by atomic mass is 9.92. The summed E-state index contributed by atoms with van der Waals surface area (Å²) < 4.78 is 0.512. The maximum absolute atomic E-state index is 11.9. The maximum atomic E-state index is 11.9. The lowest BCUT2D eigenvalue weighted by Crippen LogP contribution is -2.37. The molecule has 1 saturated heterocycles. The minimum Gasteiger partial charge on any atom is -0.291 e. The third-order valence-electron chi connectivity index (χ3n) is 2.87. The number of imide groups is 1. The molecular formula is C12H12ClNO3S. The molecule has 0 N–H and O–H groups in total. The van der Waals surface area contributed by atoms with Crippen LogP contribution in [-0.4, -0.2) is 29.0 Å². The third-order valence-corrected chi connectivity index (χ3v) is 4.14. The van der Waals surface area contributed by atoms with E-state index in [2.05, 4.69) is 0 Å². The van der Waals surface area contributed by atoms with Gasteiger partial charge in [0.05, 0.1) is 21.2 Å². The number of likely N-dealkylation sites (tertiary alicyclic amines) is 1. The van der Waals surface area contributed by atoms with Gasteiger partial charge in [-0.3, -0.25) is 19.3 Å². The zero-order chi connectivity index (χ0) is 13.5. The Labute approximate surface area is 114 Å². The number of hydrogen-bond donors (Lipinski definition) is 0. The Balaban J connectivity index is 2.13. The molecule has 0 radical (unpaired) electrons. The summed E-state index contributed by atoms with van der Waals surface area (Å²) in [4.78, 5) is 37.1. The molecule has 0 aromatic carbocycles. The van der Waals surface area contributed by atoms with E-state index in [1.54, 1.807) is 26.0 Å². The van der Waals surface area contributed by atoms with Gasteiger partial charge in [-0.05, 0) is 12.1 Å². The molecule has 96 valence electrons. The van der Waals surface area contributed by atoms with Crippen molar-refractivity contribution in [1.82, 2.24) is 4.90 Å². The minimum atomic E-state index is -0.704. The summed E-state index contributed by atoms with van der Waals surface area (Å²) in [6.07, 6.45) is 0.157. The normalized spacial score (nSPS) is 18.5. The van der Waals surface area contributed by atoms with Gasteiger partial charge in [0, 0.05) is 6.42 Å². The van der Waals surface area contributed by atoms with E-state index in [9.17, 15) is 14.4 Å². The van der Waals surface area contributed by atoms with Crippen LogP contribution in [0.1, 0.15) is 29.9 Å². The van der Waals surface area contributed by atoms with E-state index in [-0.39, 0.29) is 30.6 Å². The minimum absolute atomic E-state index is 0.157. The molecule has 18 heavy (non-hydrogen) atoms. The molecule has 1 aliphatic heterocycles. The predicted molar refractivity (Wildman–Crippen MR) is 68.8 cm³/mol. The monoisotopic (exact) mass is 285 g/mol. The van der Waals surface area contributed by atoms with E-state index in [4.69, 9.17) is 11.6 Å². The molecule has 2 amide bonds. The first-order chi connectivity index (χ1) is 8.31. The fraction of sp³-hybridized carbons (Fsp3) is 0.417. The first kappa shape index (κ1) is 13.2. The Hall–Kier alpha value is -1.20. The zero-order valence-electron chi connectivity index (χ0n) is 10.0. The molecule has 1 aliphatic rings. The van der Waals surface area contributed by atoms with Gasteiger partial charge in [0.25, 0.3) is 0 Å². The van der Waals surface area contributed by atoms with Crippen LogP contribution in [0.15, 0.2) is 12.1 Å². The Bertz CT molecular complexity index is 535. The molecule has 0 atom stereocenters. The maximum Gasteiger partial charge on any atom is 0.235 e. The van der Waals surface area contributed by atoms with Crippen molar-refractivity contribution in [3.05, 3.63) is 21.3 Å². The lowest BCUT2D eigenvalue weighted by Gasteiger charge is -2.16. The Kier molecular flexibility index (Phi) is 3.29. The standard InChI is InChI=1S/C12H12ClNO3S/c1-12(2)5-10(16)14(11(12)17)6-7(15)8-3-4-9(13)18-8/h3-4H,5-6H2,1-2H3. The van der Waals surface area contributed by atoms with Crippen LogP contribution in [0.5, 0.6) is 0 Å². The average Bonchev–Trinajstić information content (AvgIpc) is 2.77. The molecule has 2 rings (SSSR count). The topological polar surface area (TPSA) is 54.5 Å². The molecule has 0 spiro atoms. The highest BCUT2D eigenvalue weighted by Crippen LogP contribution is 2.32. The number of halogens is 1. The molecule has 1 aromatic rings. The summed E-state index contributed by atoms with van der Waals surface area (Å²) >= 11 is 6.89. The van der Waals surface area contributed by atoms with Crippen LogP contribution in [0.3, 0.4) is 0 Å². The van der Waals surface area contributed by atoms with Crippen molar-refractivity contribution in [3.8, 4) is 0 Å². The van der Waals surface area contributed by atoms with Gasteiger partial charge in [0.15, 0.2) is 5.78 Å². The van der Waals surface area contributed by atoms with Crippen LogP contribution >= 0.6 is 22.9 Å². The molecule has 0 unspecified atom stereocenters. The second-order valence-electron chi connectivity index (χ2n) is 4.87. The fourth-order valence-corrected chi connectivity index (χ4v) is 2.85. The number of Topliss-reactive ketones (excluding diaryl/α,β-unsaturated/α-hetero) is 1. The van der Waals surface area contributed by atoms with E-state index in [0.29, 0.717) is 9.21 Å². The largest absolute Gasteiger partial charge is 0.291 e. The Morgan fingerprint density at radius 1 is 1.44 bits per heavy atom. The van der Waals surface area contributed by atoms with E-state index < -0.39 is 5.41 Å². The highest BCUT2D eigenvalue weighted by atomic mass is 35.5. The smallest absolute Gasteiger partial charge is 0.235 e. The van der Waals surface area contributed by atoms with Gasteiger partial charge in [-0.2, -0.15) is 0 Å². The van der Waals surface area contributed by atoms with Crippen LogP contribution < -0.4 is 0 Å². The number of carbonyl (C=O) groups excluding carboxylic acids is 3. The Morgan fingerprint density at radius 3 is 2.56 bits per heavy atom. The third kappa shape index (κ3) is 2.33. The summed E-state index contributed by atoms with van der Waals surface area (Å²) in [5.74, 6) is -0.837. The van der Waals surface area contributed by atoms with Crippen LogP contribution in [0.4, 0.5) is 0 Å². The van der Waals surface area contributed by atoms with Crippen molar-refractivity contribution in [1.29, 1.82) is 0 Å². The first-order valence-corrected chi connectivity index (χ1v) is 6.64. The van der Waals surface area contributed by atoms with E-state index in [1.807, 2.05) is 0 Å². The van der Waals surface area contributed by atoms with E-state index in [0.717, 1.165) is 16.2 Å². The quantitative estimate of drug-likeness (QED) is 0.633. The van der Waals surface area contributed by atoms with E-state index in [1.165, 1.54) is 0 Å². The average molecular weight is 286 g/mol. The van der Waals surface area contributed by atoms with Crippen molar-refractivity contribution in [2.24, 2.45) is 5.41 Å². The number of carbonyl (C=O) groups is 3. The molecule has 2 heterocycles. The van der Waals surface area contributed by atoms with Gasteiger partial charge in [-0.15, -0.1) is 11.3 Å². The highest BCUT2D eigenvalue weighted by molar-refractivity contribution is 7.18. The van der Waals surface area contributed by atoms with Gasteiger partial charge >= 0.3 is 0 Å². The number of nitrogens with zero attached hydrogens (tertiary/aromatic N) is 1. The summed E-state index contributed by atoms with van der Waals surface area (Å²) in [6.45, 7) is 3.22. The summed E-state index contributed by atoms with van der Waals surface area (Å²) in [5.41, 5.74) is -0.704. The molecular weight excluding hydrogens is 274 g/mol. The van der Waals surface area contributed by atoms with Gasteiger partial charge in [-0.1, -0.05) is 25.4 Å². The number of ketones is 1. The molecule has 4 nitrogen and oxygen atoms in total. The first-order valence-electron chi connectivity index (χ1n) is 5.44. The van der Waals surface area contributed by atoms with Crippen molar-refractivity contribution >= 4 is 40.5 Å². The van der Waals surface area contributed by atoms with E-state index >= 15 is 0 Å². The van der Waals surface area contributed by atoms with Crippen LogP contribution in [-0.2, 0) is 9.59 Å². The second kappa shape index (κ2) is 4.48. The number of hydrogen-bond acceptors (Lipinski definition) is 4. The fourth-order valence-electron chi connectivity index (χ4n) is 1.87. The number of amides is 2. The number of thiophene rings is 1. The molecule has 0 bridgehead atoms. The zero-order valence-corrected chi connectivity index (χ0v) is 11.6.